The molecule has 1 N–H and O–H groups in total. The number of rotatable bonds is 3. The van der Waals surface area contributed by atoms with E-state index in [4.69, 9.17) is 0 Å². The third kappa shape index (κ3) is 3.23. The number of anilines is 1. The summed E-state index contributed by atoms with van der Waals surface area (Å²) >= 11 is 2.72. The normalized spacial score (nSPS) is 10.4. The average Bonchev–Trinajstić information content (AvgIpc) is 2.88. The van der Waals surface area contributed by atoms with Crippen molar-refractivity contribution in [3.05, 3.63) is 21.9 Å². The highest BCUT2D eigenvalue weighted by Gasteiger charge is 2.13. The van der Waals surface area contributed by atoms with Crippen LogP contribution in [0.15, 0.2) is 5.38 Å². The minimum absolute atomic E-state index is 0.209. The van der Waals surface area contributed by atoms with Gasteiger partial charge in [0.05, 0.1) is 6.54 Å². The molecule has 2 aromatic rings. The number of nitrogens with zero attached hydrogens (tertiary/aromatic N) is 4. The van der Waals surface area contributed by atoms with E-state index < -0.39 is 0 Å². The predicted molar refractivity (Wildman–Crippen MR) is 72.0 cm³/mol. The minimum atomic E-state index is -0.209. The maximum Gasteiger partial charge on any atom is 0.323 e. The quantitative estimate of drug-likeness (QED) is 0.938. The van der Waals surface area contributed by atoms with Gasteiger partial charge >= 0.3 is 6.03 Å². The number of aryl methyl sites for hydroxylation is 2. The molecule has 2 heterocycles. The van der Waals surface area contributed by atoms with E-state index in [1.54, 1.807) is 30.2 Å². The predicted octanol–water partition coefficient (Wildman–Crippen LogP) is 2.28. The molecule has 0 fully saturated rings. The lowest BCUT2D eigenvalue weighted by Crippen LogP contribution is -2.30. The molecule has 2 aromatic heterocycles. The standard InChI is InChI=1S/C10H13N5OS2/c1-6-5-17-8(11-6)4-15(3)10(16)13-9-12-7(2)14-18-9/h5H,4H2,1-3H3,(H,12,13,14,16). The molecular formula is C10H13N5OS2. The second-order valence-corrected chi connectivity index (χ2v) is 5.51. The van der Waals surface area contributed by atoms with Gasteiger partial charge in [-0.2, -0.15) is 4.37 Å². The van der Waals surface area contributed by atoms with Crippen LogP contribution in [-0.2, 0) is 6.54 Å². The Balaban J connectivity index is 1.92. The third-order valence-electron chi connectivity index (χ3n) is 2.13. The summed E-state index contributed by atoms with van der Waals surface area (Å²) in [5.74, 6) is 0.661. The van der Waals surface area contributed by atoms with Gasteiger partial charge in [0, 0.05) is 29.7 Å². The van der Waals surface area contributed by atoms with Crippen LogP contribution in [0.4, 0.5) is 9.93 Å². The lowest BCUT2D eigenvalue weighted by atomic mass is 10.5. The maximum absolute atomic E-state index is 11.9. The SMILES string of the molecule is Cc1csc(CN(C)C(=O)Nc2nc(C)ns2)n1. The molecule has 8 heteroatoms. The largest absolute Gasteiger partial charge is 0.323 e. The molecule has 0 aliphatic carbocycles. The third-order valence-corrected chi connectivity index (χ3v) is 3.80. The zero-order valence-corrected chi connectivity index (χ0v) is 11.9. The van der Waals surface area contributed by atoms with Gasteiger partial charge in [0.2, 0.25) is 5.13 Å². The van der Waals surface area contributed by atoms with Crippen LogP contribution in [0.25, 0.3) is 0 Å². The van der Waals surface area contributed by atoms with Gasteiger partial charge in [0.25, 0.3) is 0 Å². The number of nitrogens with one attached hydrogen (secondary N) is 1. The molecule has 0 spiro atoms. The van der Waals surface area contributed by atoms with Gasteiger partial charge in [-0.3, -0.25) is 5.32 Å². The van der Waals surface area contributed by atoms with Crippen LogP contribution in [0.1, 0.15) is 16.5 Å². The number of aromatic nitrogens is 3. The van der Waals surface area contributed by atoms with Crippen molar-refractivity contribution in [3.63, 3.8) is 0 Å². The first-order valence-corrected chi connectivity index (χ1v) is 6.93. The molecule has 0 atom stereocenters. The molecule has 0 unspecified atom stereocenters. The molecule has 0 aliphatic rings. The average molecular weight is 283 g/mol. The Labute approximate surface area is 113 Å². The van der Waals surface area contributed by atoms with Gasteiger partial charge in [-0.05, 0) is 13.8 Å². The fourth-order valence-electron chi connectivity index (χ4n) is 1.28. The van der Waals surface area contributed by atoms with E-state index in [-0.39, 0.29) is 6.03 Å². The van der Waals surface area contributed by atoms with Crippen molar-refractivity contribution in [1.82, 2.24) is 19.2 Å². The maximum atomic E-state index is 11.9. The number of carbonyl (C=O) groups is 1. The molecule has 0 aromatic carbocycles. The number of hydrogen-bond acceptors (Lipinski definition) is 6. The van der Waals surface area contributed by atoms with Crippen molar-refractivity contribution in [3.8, 4) is 0 Å². The van der Waals surface area contributed by atoms with Crippen LogP contribution in [-0.4, -0.2) is 32.3 Å². The van der Waals surface area contributed by atoms with Crippen LogP contribution in [0.5, 0.6) is 0 Å². The fourth-order valence-corrected chi connectivity index (χ4v) is 2.67. The van der Waals surface area contributed by atoms with E-state index in [1.807, 2.05) is 12.3 Å². The van der Waals surface area contributed by atoms with E-state index in [0.717, 1.165) is 10.7 Å². The summed E-state index contributed by atoms with van der Waals surface area (Å²) in [4.78, 5) is 21.8. The van der Waals surface area contributed by atoms with Crippen LogP contribution < -0.4 is 5.32 Å². The highest BCUT2D eigenvalue weighted by molar-refractivity contribution is 7.10. The second kappa shape index (κ2) is 5.40. The van der Waals surface area contributed by atoms with Crippen molar-refractivity contribution in [2.75, 3.05) is 12.4 Å². The summed E-state index contributed by atoms with van der Waals surface area (Å²) in [6.45, 7) is 4.21. The van der Waals surface area contributed by atoms with Crippen LogP contribution in [0.2, 0.25) is 0 Å². The summed E-state index contributed by atoms with van der Waals surface area (Å²) < 4.78 is 4.00. The highest BCUT2D eigenvalue weighted by Crippen LogP contribution is 2.13. The first kappa shape index (κ1) is 12.9. The van der Waals surface area contributed by atoms with Crippen molar-refractivity contribution < 1.29 is 4.79 Å². The molecule has 0 saturated carbocycles. The van der Waals surface area contributed by atoms with E-state index in [1.165, 1.54) is 11.5 Å². The fraction of sp³-hybridized carbons (Fsp3) is 0.400. The second-order valence-electron chi connectivity index (χ2n) is 3.82. The van der Waals surface area contributed by atoms with E-state index in [9.17, 15) is 4.79 Å². The first-order valence-electron chi connectivity index (χ1n) is 5.28. The van der Waals surface area contributed by atoms with E-state index in [2.05, 4.69) is 19.7 Å². The highest BCUT2D eigenvalue weighted by atomic mass is 32.1. The monoisotopic (exact) mass is 283 g/mol. The van der Waals surface area contributed by atoms with Gasteiger partial charge in [0.15, 0.2) is 0 Å². The summed E-state index contributed by atoms with van der Waals surface area (Å²) in [6.07, 6.45) is 0. The first-order chi connectivity index (χ1) is 8.54. The number of hydrogen-bond donors (Lipinski definition) is 1. The zero-order chi connectivity index (χ0) is 13.1. The molecule has 18 heavy (non-hydrogen) atoms. The topological polar surface area (TPSA) is 71.0 Å². The van der Waals surface area contributed by atoms with Crippen LogP contribution in [0, 0.1) is 13.8 Å². The van der Waals surface area contributed by atoms with Crippen molar-refractivity contribution in [1.29, 1.82) is 0 Å². The smallest absolute Gasteiger partial charge is 0.321 e. The van der Waals surface area contributed by atoms with Crippen LogP contribution in [0.3, 0.4) is 0 Å². The summed E-state index contributed by atoms with van der Waals surface area (Å²) in [6, 6.07) is -0.209. The molecule has 2 amide bonds. The van der Waals surface area contributed by atoms with E-state index in [0.29, 0.717) is 17.5 Å². The Kier molecular flexibility index (Phi) is 3.87. The Hall–Kier alpha value is -1.54. The number of carbonyl (C=O) groups excluding carboxylic acids is 1. The Bertz CT molecular complexity index is 550. The van der Waals surface area contributed by atoms with Crippen molar-refractivity contribution in [2.24, 2.45) is 0 Å². The molecule has 2 rings (SSSR count). The molecule has 0 radical (unpaired) electrons. The van der Waals surface area contributed by atoms with Gasteiger partial charge in [-0.25, -0.2) is 14.8 Å². The van der Waals surface area contributed by atoms with Gasteiger partial charge in [0.1, 0.15) is 10.8 Å². The summed E-state index contributed by atoms with van der Waals surface area (Å²) in [7, 11) is 1.72. The van der Waals surface area contributed by atoms with E-state index >= 15 is 0 Å². The van der Waals surface area contributed by atoms with Gasteiger partial charge in [-0.15, -0.1) is 11.3 Å². The molecule has 0 saturated heterocycles. The minimum Gasteiger partial charge on any atom is -0.321 e. The van der Waals surface area contributed by atoms with Gasteiger partial charge < -0.3 is 4.90 Å². The molecule has 6 nitrogen and oxygen atoms in total. The molecule has 96 valence electrons. The Morgan fingerprint density at radius 3 is 2.78 bits per heavy atom. The zero-order valence-electron chi connectivity index (χ0n) is 10.3. The van der Waals surface area contributed by atoms with Crippen molar-refractivity contribution >= 4 is 34.0 Å². The lowest BCUT2D eigenvalue weighted by Gasteiger charge is -2.14. The molecular weight excluding hydrogens is 270 g/mol. The molecule has 0 bridgehead atoms. The number of urea groups is 1. The summed E-state index contributed by atoms with van der Waals surface area (Å²) in [5.41, 5.74) is 0.976. The van der Waals surface area contributed by atoms with Gasteiger partial charge in [-0.1, -0.05) is 0 Å². The number of amides is 2. The molecule has 0 aliphatic heterocycles. The Morgan fingerprint density at radius 1 is 1.44 bits per heavy atom. The lowest BCUT2D eigenvalue weighted by molar-refractivity contribution is 0.220. The Morgan fingerprint density at radius 2 is 2.22 bits per heavy atom. The number of thiazole rings is 1. The summed E-state index contributed by atoms with van der Waals surface area (Å²) in [5, 5.41) is 6.09. The van der Waals surface area contributed by atoms with Crippen molar-refractivity contribution in [2.45, 2.75) is 20.4 Å². The van der Waals surface area contributed by atoms with Crippen LogP contribution >= 0.6 is 22.9 Å².